The molecule has 2 N–H and O–H groups in total. The highest BCUT2D eigenvalue weighted by molar-refractivity contribution is 5.77. The van der Waals surface area contributed by atoms with E-state index in [1.807, 2.05) is 11.8 Å². The molecule has 3 aliphatic heterocycles. The molecular formula is C19H28N6O2. The number of anilines is 1. The van der Waals surface area contributed by atoms with Crippen molar-refractivity contribution in [1.29, 1.82) is 0 Å². The molecule has 5 rings (SSSR count). The molecule has 0 aromatic carbocycles. The number of β-amino-alcohol motifs (C(OH)–C–C–N with tert-alkyl or cyclic N) is 1. The van der Waals surface area contributed by atoms with E-state index in [9.17, 15) is 5.11 Å². The van der Waals surface area contributed by atoms with E-state index in [1.54, 1.807) is 6.33 Å². The van der Waals surface area contributed by atoms with Gasteiger partial charge in [0.1, 0.15) is 12.1 Å². The minimum Gasteiger partial charge on any atom is -0.474 e. The third-order valence-electron chi connectivity index (χ3n) is 6.49. The van der Waals surface area contributed by atoms with Crippen molar-refractivity contribution >= 4 is 17.1 Å². The van der Waals surface area contributed by atoms with Crippen molar-refractivity contribution in [2.24, 2.45) is 0 Å². The first kappa shape index (κ1) is 17.2. The molecule has 2 aromatic rings. The van der Waals surface area contributed by atoms with Crippen LogP contribution >= 0.6 is 0 Å². The highest BCUT2D eigenvalue weighted by atomic mass is 16.5. The minimum atomic E-state index is -0.712. The molecule has 0 spiro atoms. The molecule has 3 saturated heterocycles. The molecule has 8 heteroatoms. The van der Waals surface area contributed by atoms with Gasteiger partial charge in [-0.2, -0.15) is 9.97 Å². The predicted molar refractivity (Wildman–Crippen MR) is 102 cm³/mol. The molecule has 3 aliphatic rings. The highest BCUT2D eigenvalue weighted by Crippen LogP contribution is 2.39. The lowest BCUT2D eigenvalue weighted by molar-refractivity contribution is 0.0444. The first-order chi connectivity index (χ1) is 13.0. The highest BCUT2D eigenvalue weighted by Gasteiger charge is 2.45. The van der Waals surface area contributed by atoms with Crippen LogP contribution in [0.5, 0.6) is 5.88 Å². The maximum atomic E-state index is 10.4. The third kappa shape index (κ3) is 3.04. The number of aromatic nitrogens is 4. The Morgan fingerprint density at radius 2 is 1.93 bits per heavy atom. The molecule has 0 unspecified atom stereocenters. The van der Waals surface area contributed by atoms with Crippen molar-refractivity contribution in [1.82, 2.24) is 24.8 Å². The number of fused-ring (bicyclic) bond motifs is 2. The molecule has 0 saturated carbocycles. The summed E-state index contributed by atoms with van der Waals surface area (Å²) in [6.45, 7) is 6.26. The van der Waals surface area contributed by atoms with Crippen molar-refractivity contribution in [3.63, 3.8) is 0 Å². The largest absolute Gasteiger partial charge is 0.474 e. The number of hydrogen-bond donors (Lipinski definition) is 2. The Bertz CT molecular complexity index is 825. The van der Waals surface area contributed by atoms with Crippen LogP contribution in [0, 0.1) is 0 Å². The molecule has 27 heavy (non-hydrogen) atoms. The summed E-state index contributed by atoms with van der Waals surface area (Å²) in [7, 11) is 0. The lowest BCUT2D eigenvalue weighted by Crippen LogP contribution is -2.47. The molecule has 0 aliphatic carbocycles. The van der Waals surface area contributed by atoms with E-state index in [1.165, 1.54) is 38.8 Å². The Kier molecular flexibility index (Phi) is 4.01. The van der Waals surface area contributed by atoms with Crippen LogP contribution in [-0.4, -0.2) is 73.9 Å². The van der Waals surface area contributed by atoms with Crippen LogP contribution in [0.25, 0.3) is 11.2 Å². The number of nitrogens with one attached hydrogen (secondary N) is 1. The first-order valence-electron chi connectivity index (χ1n) is 10.1. The standard InChI is InChI=1S/C19H28N6O2/c1-18(26)5-2-8-24(11-18)17-22-15-14(20-13-21-15)16(23-17)27-12-19-6-3-9-25(19)10-4-7-19/h13,26H,2-12H2,1H3,(H,20,21,22,23)/t18-/m0/s1. The molecule has 2 aromatic heterocycles. The zero-order chi connectivity index (χ0) is 18.5. The van der Waals surface area contributed by atoms with E-state index in [4.69, 9.17) is 9.72 Å². The Labute approximate surface area is 159 Å². The minimum absolute atomic E-state index is 0.173. The van der Waals surface area contributed by atoms with Gasteiger partial charge in [0, 0.05) is 13.1 Å². The predicted octanol–water partition coefficient (Wildman–Crippen LogP) is 1.71. The van der Waals surface area contributed by atoms with Gasteiger partial charge in [-0.05, 0) is 58.5 Å². The number of aromatic amines is 1. The summed E-state index contributed by atoms with van der Waals surface area (Å²) in [6.07, 6.45) is 8.26. The second-order valence-corrected chi connectivity index (χ2v) is 8.66. The fraction of sp³-hybridized carbons (Fsp3) is 0.737. The van der Waals surface area contributed by atoms with Gasteiger partial charge in [0.2, 0.25) is 11.8 Å². The second kappa shape index (κ2) is 6.31. The maximum Gasteiger partial charge on any atom is 0.245 e. The van der Waals surface area contributed by atoms with Gasteiger partial charge in [-0.1, -0.05) is 0 Å². The quantitative estimate of drug-likeness (QED) is 0.844. The summed E-state index contributed by atoms with van der Waals surface area (Å²) in [5, 5.41) is 10.4. The second-order valence-electron chi connectivity index (χ2n) is 8.66. The van der Waals surface area contributed by atoms with E-state index in [2.05, 4.69) is 19.9 Å². The van der Waals surface area contributed by atoms with Crippen molar-refractivity contribution in [2.75, 3.05) is 37.7 Å². The molecule has 0 bridgehead atoms. The molecule has 0 amide bonds. The average molecular weight is 372 g/mol. The summed E-state index contributed by atoms with van der Waals surface area (Å²) >= 11 is 0. The number of hydrogen-bond acceptors (Lipinski definition) is 7. The Hall–Kier alpha value is -1.93. The first-order valence-corrected chi connectivity index (χ1v) is 10.1. The maximum absolute atomic E-state index is 10.4. The van der Waals surface area contributed by atoms with E-state index in [0.717, 1.165) is 24.9 Å². The average Bonchev–Trinajstić information content (AvgIpc) is 3.33. The van der Waals surface area contributed by atoms with Gasteiger partial charge in [0.25, 0.3) is 0 Å². The van der Waals surface area contributed by atoms with Gasteiger partial charge in [0.05, 0.1) is 17.5 Å². The van der Waals surface area contributed by atoms with E-state index >= 15 is 0 Å². The normalized spacial score (nSPS) is 28.0. The molecule has 1 atom stereocenters. The van der Waals surface area contributed by atoms with Crippen LogP contribution in [0.2, 0.25) is 0 Å². The number of H-pyrrole nitrogens is 1. The Morgan fingerprint density at radius 3 is 2.70 bits per heavy atom. The molecule has 146 valence electrons. The number of nitrogens with zero attached hydrogens (tertiary/aromatic N) is 5. The van der Waals surface area contributed by atoms with Crippen LogP contribution < -0.4 is 9.64 Å². The van der Waals surface area contributed by atoms with Crippen molar-refractivity contribution < 1.29 is 9.84 Å². The monoisotopic (exact) mass is 372 g/mol. The van der Waals surface area contributed by atoms with Crippen LogP contribution in [-0.2, 0) is 0 Å². The fourth-order valence-corrected chi connectivity index (χ4v) is 5.10. The summed E-state index contributed by atoms with van der Waals surface area (Å²) in [5.41, 5.74) is 0.830. The van der Waals surface area contributed by atoms with Gasteiger partial charge in [-0.3, -0.25) is 4.90 Å². The number of aliphatic hydroxyl groups is 1. The van der Waals surface area contributed by atoms with E-state index in [-0.39, 0.29) is 5.54 Å². The number of piperidine rings is 1. The van der Waals surface area contributed by atoms with Gasteiger partial charge < -0.3 is 19.7 Å². The number of imidazole rings is 1. The Morgan fingerprint density at radius 1 is 1.15 bits per heavy atom. The van der Waals surface area contributed by atoms with E-state index < -0.39 is 5.60 Å². The van der Waals surface area contributed by atoms with Crippen molar-refractivity contribution in [3.05, 3.63) is 6.33 Å². The molecule has 8 nitrogen and oxygen atoms in total. The zero-order valence-corrected chi connectivity index (χ0v) is 15.9. The Balaban J connectivity index is 1.42. The smallest absolute Gasteiger partial charge is 0.245 e. The SMILES string of the molecule is C[C@]1(O)CCCN(c2nc(OCC34CCCN3CCC4)c3[nH]cnc3n2)C1. The van der Waals surface area contributed by atoms with Crippen LogP contribution in [0.15, 0.2) is 6.33 Å². The molecular weight excluding hydrogens is 344 g/mol. The summed E-state index contributed by atoms with van der Waals surface area (Å²) < 4.78 is 6.30. The lowest BCUT2D eigenvalue weighted by atomic mass is 9.95. The summed E-state index contributed by atoms with van der Waals surface area (Å²) in [6, 6.07) is 0. The fourth-order valence-electron chi connectivity index (χ4n) is 5.10. The molecule has 5 heterocycles. The number of ether oxygens (including phenoxy) is 1. The molecule has 0 radical (unpaired) electrons. The van der Waals surface area contributed by atoms with Gasteiger partial charge in [0.15, 0.2) is 5.65 Å². The lowest BCUT2D eigenvalue weighted by Gasteiger charge is -2.36. The van der Waals surface area contributed by atoms with Gasteiger partial charge >= 0.3 is 0 Å². The van der Waals surface area contributed by atoms with Gasteiger partial charge in [-0.15, -0.1) is 0 Å². The van der Waals surface area contributed by atoms with Crippen LogP contribution in [0.1, 0.15) is 45.4 Å². The summed E-state index contributed by atoms with van der Waals surface area (Å²) in [5.74, 6) is 1.17. The van der Waals surface area contributed by atoms with Crippen LogP contribution in [0.4, 0.5) is 5.95 Å². The number of rotatable bonds is 4. The van der Waals surface area contributed by atoms with Crippen LogP contribution in [0.3, 0.4) is 0 Å². The van der Waals surface area contributed by atoms with Gasteiger partial charge in [-0.25, -0.2) is 4.98 Å². The van der Waals surface area contributed by atoms with E-state index in [0.29, 0.717) is 30.6 Å². The van der Waals surface area contributed by atoms with Crippen molar-refractivity contribution in [3.8, 4) is 5.88 Å². The molecule has 3 fully saturated rings. The third-order valence-corrected chi connectivity index (χ3v) is 6.49. The van der Waals surface area contributed by atoms with Crippen molar-refractivity contribution in [2.45, 2.75) is 56.6 Å². The topological polar surface area (TPSA) is 90.4 Å². The zero-order valence-electron chi connectivity index (χ0n) is 15.9. The summed E-state index contributed by atoms with van der Waals surface area (Å²) in [4.78, 5) is 21.4.